The molecule has 2 aromatic carbocycles. The molecule has 1 saturated carbocycles. The molecule has 0 aromatic heterocycles. The van der Waals surface area contributed by atoms with Crippen LogP contribution in [0.4, 0.5) is 0 Å². The van der Waals surface area contributed by atoms with Crippen LogP contribution in [0.3, 0.4) is 0 Å². The highest BCUT2D eigenvalue weighted by Gasteiger charge is 2.23. The standard InChI is InChI=1S/C23H24O2/c24-22-13-7-12-20(17-22)21(16-18-8-3-1-4-9-18)14-15-23(25)19-10-5-2-6-11-19/h1-6,8-11,16,20H,7,12-15,17H2/b21-16+/t20-/m0/s1. The molecule has 0 N–H and O–H groups in total. The summed E-state index contributed by atoms with van der Waals surface area (Å²) in [6.45, 7) is 0. The van der Waals surface area contributed by atoms with Gasteiger partial charge in [-0.3, -0.25) is 9.59 Å². The highest BCUT2D eigenvalue weighted by Crippen LogP contribution is 2.32. The van der Waals surface area contributed by atoms with Crippen molar-refractivity contribution in [2.45, 2.75) is 38.5 Å². The van der Waals surface area contributed by atoms with Gasteiger partial charge >= 0.3 is 0 Å². The number of Topliss-reactive ketones (excluding diaryl/α,β-unsaturated/α-hetero) is 2. The third-order valence-corrected chi connectivity index (χ3v) is 4.89. The first-order chi connectivity index (χ1) is 12.2. The van der Waals surface area contributed by atoms with Gasteiger partial charge in [-0.15, -0.1) is 0 Å². The average Bonchev–Trinajstić information content (AvgIpc) is 2.66. The molecular formula is C23H24O2. The first-order valence-electron chi connectivity index (χ1n) is 9.08. The molecule has 0 heterocycles. The Morgan fingerprint density at radius 2 is 1.64 bits per heavy atom. The van der Waals surface area contributed by atoms with E-state index in [1.165, 1.54) is 5.57 Å². The first-order valence-corrected chi connectivity index (χ1v) is 9.08. The Morgan fingerprint density at radius 1 is 0.960 bits per heavy atom. The molecule has 1 aliphatic rings. The Hall–Kier alpha value is -2.48. The lowest BCUT2D eigenvalue weighted by atomic mass is 9.80. The largest absolute Gasteiger partial charge is 0.300 e. The molecule has 0 unspecified atom stereocenters. The summed E-state index contributed by atoms with van der Waals surface area (Å²) in [5.74, 6) is 0.802. The lowest BCUT2D eigenvalue weighted by Crippen LogP contribution is -2.17. The summed E-state index contributed by atoms with van der Waals surface area (Å²) in [5, 5.41) is 0. The summed E-state index contributed by atoms with van der Waals surface area (Å²) in [7, 11) is 0. The molecule has 25 heavy (non-hydrogen) atoms. The lowest BCUT2D eigenvalue weighted by molar-refractivity contribution is -0.121. The van der Waals surface area contributed by atoms with Gasteiger partial charge in [0.25, 0.3) is 0 Å². The lowest BCUT2D eigenvalue weighted by Gasteiger charge is -2.24. The summed E-state index contributed by atoms with van der Waals surface area (Å²) < 4.78 is 0. The van der Waals surface area contributed by atoms with Gasteiger partial charge in [0.05, 0.1) is 0 Å². The summed E-state index contributed by atoms with van der Waals surface area (Å²) in [5.41, 5.74) is 3.15. The molecule has 2 nitrogen and oxygen atoms in total. The van der Waals surface area contributed by atoms with Crippen molar-refractivity contribution in [2.24, 2.45) is 5.92 Å². The minimum atomic E-state index is 0.168. The predicted octanol–water partition coefficient (Wildman–Crippen LogP) is 5.49. The van der Waals surface area contributed by atoms with E-state index in [2.05, 4.69) is 18.2 Å². The zero-order chi connectivity index (χ0) is 17.5. The zero-order valence-corrected chi connectivity index (χ0v) is 14.5. The average molecular weight is 332 g/mol. The van der Waals surface area contributed by atoms with Crippen molar-refractivity contribution >= 4 is 17.6 Å². The van der Waals surface area contributed by atoms with Crippen LogP contribution in [0.25, 0.3) is 6.08 Å². The van der Waals surface area contributed by atoms with Gasteiger partial charge in [0.1, 0.15) is 5.78 Å². The number of allylic oxidation sites excluding steroid dienone is 1. The van der Waals surface area contributed by atoms with E-state index in [0.29, 0.717) is 25.0 Å². The molecule has 0 aliphatic heterocycles. The number of ketones is 2. The van der Waals surface area contributed by atoms with Crippen molar-refractivity contribution in [3.63, 3.8) is 0 Å². The Balaban J connectivity index is 1.75. The maximum atomic E-state index is 12.5. The number of hydrogen-bond donors (Lipinski definition) is 0. The molecule has 0 radical (unpaired) electrons. The van der Waals surface area contributed by atoms with Gasteiger partial charge in [-0.1, -0.05) is 72.3 Å². The Bertz CT molecular complexity index is 744. The third kappa shape index (κ3) is 4.99. The van der Waals surface area contributed by atoms with Crippen molar-refractivity contribution in [2.75, 3.05) is 0 Å². The fourth-order valence-electron chi connectivity index (χ4n) is 3.52. The minimum absolute atomic E-state index is 0.168. The second-order valence-corrected chi connectivity index (χ2v) is 6.75. The number of hydrogen-bond acceptors (Lipinski definition) is 2. The number of carbonyl (C=O) groups excluding carboxylic acids is 2. The zero-order valence-electron chi connectivity index (χ0n) is 14.5. The van der Waals surface area contributed by atoms with Crippen LogP contribution >= 0.6 is 0 Å². The fourth-order valence-corrected chi connectivity index (χ4v) is 3.52. The minimum Gasteiger partial charge on any atom is -0.300 e. The van der Waals surface area contributed by atoms with E-state index < -0.39 is 0 Å². The van der Waals surface area contributed by atoms with E-state index in [1.54, 1.807) is 0 Å². The van der Waals surface area contributed by atoms with Gasteiger partial charge < -0.3 is 0 Å². The van der Waals surface area contributed by atoms with Gasteiger partial charge in [0, 0.05) is 24.8 Å². The van der Waals surface area contributed by atoms with Crippen molar-refractivity contribution < 1.29 is 9.59 Å². The van der Waals surface area contributed by atoms with Crippen molar-refractivity contribution in [1.29, 1.82) is 0 Å². The molecule has 1 atom stereocenters. The van der Waals surface area contributed by atoms with E-state index in [1.807, 2.05) is 48.5 Å². The molecule has 0 spiro atoms. The molecule has 2 aromatic rings. The molecule has 0 amide bonds. The van der Waals surface area contributed by atoms with Crippen LogP contribution in [0.2, 0.25) is 0 Å². The molecule has 2 heteroatoms. The second-order valence-electron chi connectivity index (χ2n) is 6.75. The Labute approximate surface area is 149 Å². The van der Waals surface area contributed by atoms with Gasteiger partial charge in [-0.25, -0.2) is 0 Å². The van der Waals surface area contributed by atoms with Crippen LogP contribution in [0.15, 0.2) is 66.2 Å². The van der Waals surface area contributed by atoms with Crippen LogP contribution in [-0.2, 0) is 4.79 Å². The third-order valence-electron chi connectivity index (χ3n) is 4.89. The fraction of sp³-hybridized carbons (Fsp3) is 0.304. The normalized spacial score (nSPS) is 18.2. The van der Waals surface area contributed by atoms with Crippen molar-refractivity contribution in [3.05, 3.63) is 77.4 Å². The molecule has 3 rings (SSSR count). The SMILES string of the molecule is O=C1CCC[C@H](/C(=C/c2ccccc2)CCC(=O)c2ccccc2)C1. The second kappa shape index (κ2) is 8.57. The maximum Gasteiger partial charge on any atom is 0.163 e. The van der Waals surface area contributed by atoms with Crippen molar-refractivity contribution in [3.8, 4) is 0 Å². The number of carbonyl (C=O) groups is 2. The maximum absolute atomic E-state index is 12.5. The monoisotopic (exact) mass is 332 g/mol. The van der Waals surface area contributed by atoms with Crippen LogP contribution in [-0.4, -0.2) is 11.6 Å². The molecule has 1 fully saturated rings. The topological polar surface area (TPSA) is 34.1 Å². The van der Waals surface area contributed by atoms with Crippen molar-refractivity contribution in [1.82, 2.24) is 0 Å². The Kier molecular flexibility index (Phi) is 5.95. The smallest absolute Gasteiger partial charge is 0.163 e. The summed E-state index contributed by atoms with van der Waals surface area (Å²) in [6, 6.07) is 19.6. The van der Waals surface area contributed by atoms with Crippen LogP contribution in [0.1, 0.15) is 54.4 Å². The van der Waals surface area contributed by atoms with E-state index in [4.69, 9.17) is 0 Å². The van der Waals surface area contributed by atoms with Crippen LogP contribution in [0.5, 0.6) is 0 Å². The number of rotatable bonds is 6. The van der Waals surface area contributed by atoms with Gasteiger partial charge in [0.15, 0.2) is 5.78 Å². The van der Waals surface area contributed by atoms with E-state index in [9.17, 15) is 9.59 Å². The first kappa shape index (κ1) is 17.3. The highest BCUT2D eigenvalue weighted by atomic mass is 16.1. The molecule has 0 saturated heterocycles. The Morgan fingerprint density at radius 3 is 2.32 bits per heavy atom. The highest BCUT2D eigenvalue weighted by molar-refractivity contribution is 5.96. The van der Waals surface area contributed by atoms with E-state index in [0.717, 1.165) is 30.4 Å². The summed E-state index contributed by atoms with van der Waals surface area (Å²) in [4.78, 5) is 24.4. The predicted molar refractivity (Wildman–Crippen MR) is 101 cm³/mol. The molecule has 1 aliphatic carbocycles. The molecular weight excluding hydrogens is 308 g/mol. The molecule has 0 bridgehead atoms. The van der Waals surface area contributed by atoms with Crippen LogP contribution < -0.4 is 0 Å². The van der Waals surface area contributed by atoms with Gasteiger partial charge in [-0.05, 0) is 30.7 Å². The number of benzene rings is 2. The van der Waals surface area contributed by atoms with Crippen LogP contribution in [0, 0.1) is 5.92 Å². The summed E-state index contributed by atoms with van der Waals surface area (Å²) in [6.07, 6.45) is 6.73. The van der Waals surface area contributed by atoms with Gasteiger partial charge in [0.2, 0.25) is 0 Å². The van der Waals surface area contributed by atoms with E-state index in [-0.39, 0.29) is 11.7 Å². The van der Waals surface area contributed by atoms with Gasteiger partial charge in [-0.2, -0.15) is 0 Å². The molecule has 128 valence electrons. The summed E-state index contributed by atoms with van der Waals surface area (Å²) >= 11 is 0. The van der Waals surface area contributed by atoms with E-state index >= 15 is 0 Å². The quantitative estimate of drug-likeness (QED) is 0.655.